The number of nitrogen functional groups attached to an aromatic ring is 1. The Hall–Kier alpha value is -3.11. The van der Waals surface area contributed by atoms with Gasteiger partial charge < -0.3 is 26.8 Å². The van der Waals surface area contributed by atoms with E-state index in [0.29, 0.717) is 0 Å². The molecule has 0 spiro atoms. The standard InChI is InChI=1S/C20H20N2O8/c1-5-10-7(21)2-3-8(23)12(10)16(26)14-11(5)15(25)6-4-9(24)13(19(22)29)17(27)20(6,30)18(14)28/h2-3,5-6,11,13-15,23,25,30H,4,21H2,1H3,(H2,22,29)/t5?,6-,11-,13?,14?,15-,20-/m1/s1. The van der Waals surface area contributed by atoms with Crippen LogP contribution in [0.2, 0.25) is 0 Å². The first-order chi connectivity index (χ1) is 13.9. The van der Waals surface area contributed by atoms with Crippen LogP contribution in [0.25, 0.3) is 0 Å². The van der Waals surface area contributed by atoms with Gasteiger partial charge in [-0.2, -0.15) is 0 Å². The van der Waals surface area contributed by atoms with Gasteiger partial charge in [0, 0.05) is 23.9 Å². The number of aromatic hydroxyl groups is 1. The van der Waals surface area contributed by atoms with E-state index in [2.05, 4.69) is 0 Å². The molecule has 0 saturated heterocycles. The zero-order valence-corrected chi connectivity index (χ0v) is 15.9. The molecular formula is C20H20N2O8. The topological polar surface area (TPSA) is 198 Å². The summed E-state index contributed by atoms with van der Waals surface area (Å²) >= 11 is 0. The fraction of sp³-hybridized carbons (Fsp3) is 0.450. The number of phenols is 1. The molecular weight excluding hydrogens is 396 g/mol. The lowest BCUT2D eigenvalue weighted by atomic mass is 9.50. The molecule has 30 heavy (non-hydrogen) atoms. The number of aliphatic hydroxyl groups is 2. The fourth-order valence-electron chi connectivity index (χ4n) is 5.47. The molecule has 3 aliphatic carbocycles. The number of benzene rings is 1. The number of hydrogen-bond acceptors (Lipinski definition) is 9. The molecule has 158 valence electrons. The summed E-state index contributed by atoms with van der Waals surface area (Å²) in [6.07, 6.45) is -2.23. The molecule has 0 radical (unpaired) electrons. The maximum Gasteiger partial charge on any atom is 0.235 e. The average molecular weight is 416 g/mol. The lowest BCUT2D eigenvalue weighted by Crippen LogP contribution is -2.72. The van der Waals surface area contributed by atoms with Gasteiger partial charge in [0.1, 0.15) is 5.75 Å². The van der Waals surface area contributed by atoms with Gasteiger partial charge in [-0.1, -0.05) is 6.92 Å². The highest BCUT2D eigenvalue weighted by atomic mass is 16.3. The Morgan fingerprint density at radius 1 is 1.17 bits per heavy atom. The normalized spacial score (nSPS) is 38.0. The van der Waals surface area contributed by atoms with Gasteiger partial charge in [-0.05, 0) is 23.6 Å². The van der Waals surface area contributed by atoms with Crippen LogP contribution in [0.15, 0.2) is 12.1 Å². The molecule has 1 aromatic carbocycles. The molecule has 0 bridgehead atoms. The predicted octanol–water partition coefficient (Wildman–Crippen LogP) is -1.56. The van der Waals surface area contributed by atoms with Crippen LogP contribution >= 0.6 is 0 Å². The van der Waals surface area contributed by atoms with E-state index in [9.17, 15) is 39.3 Å². The summed E-state index contributed by atoms with van der Waals surface area (Å²) in [6, 6.07) is 2.57. The molecule has 10 nitrogen and oxygen atoms in total. The van der Waals surface area contributed by atoms with Gasteiger partial charge in [-0.15, -0.1) is 0 Å². The smallest absolute Gasteiger partial charge is 0.235 e. The Bertz CT molecular complexity index is 1050. The van der Waals surface area contributed by atoms with Crippen molar-refractivity contribution < 1.29 is 39.3 Å². The lowest BCUT2D eigenvalue weighted by molar-refractivity contribution is -0.189. The molecule has 2 fully saturated rings. The van der Waals surface area contributed by atoms with Crippen LogP contribution in [0.5, 0.6) is 5.75 Å². The van der Waals surface area contributed by atoms with Crippen molar-refractivity contribution in [3.8, 4) is 5.75 Å². The van der Waals surface area contributed by atoms with Gasteiger partial charge >= 0.3 is 0 Å². The van der Waals surface area contributed by atoms with Crippen LogP contribution in [0.4, 0.5) is 5.69 Å². The number of carbonyl (C=O) groups excluding carboxylic acids is 5. The highest BCUT2D eigenvalue weighted by molar-refractivity contribution is 6.31. The molecule has 0 aliphatic heterocycles. The Morgan fingerprint density at radius 3 is 2.40 bits per heavy atom. The first kappa shape index (κ1) is 20.2. The van der Waals surface area contributed by atoms with Crippen molar-refractivity contribution in [1.29, 1.82) is 0 Å². The maximum absolute atomic E-state index is 13.3. The van der Waals surface area contributed by atoms with Crippen molar-refractivity contribution in [2.45, 2.75) is 31.0 Å². The number of amides is 1. The van der Waals surface area contributed by atoms with Crippen LogP contribution in [0, 0.1) is 23.7 Å². The fourth-order valence-corrected chi connectivity index (χ4v) is 5.47. The number of fused-ring (bicyclic) bond motifs is 3. The number of phenolic OH excluding ortho intramolecular Hbond substituents is 1. The number of carbonyl (C=O) groups is 5. The first-order valence-corrected chi connectivity index (χ1v) is 9.41. The van der Waals surface area contributed by atoms with Crippen molar-refractivity contribution in [2.24, 2.45) is 29.4 Å². The Kier molecular flexibility index (Phi) is 4.16. The molecule has 2 saturated carbocycles. The summed E-state index contributed by atoms with van der Waals surface area (Å²) in [5, 5.41) is 32.3. The summed E-state index contributed by atoms with van der Waals surface area (Å²) < 4.78 is 0. The monoisotopic (exact) mass is 416 g/mol. The van der Waals surface area contributed by atoms with Crippen LogP contribution in [-0.4, -0.2) is 56.1 Å². The summed E-state index contributed by atoms with van der Waals surface area (Å²) in [7, 11) is 0. The third-order valence-corrected chi connectivity index (χ3v) is 6.87. The number of rotatable bonds is 1. The van der Waals surface area contributed by atoms with Crippen molar-refractivity contribution in [3.63, 3.8) is 0 Å². The number of nitrogens with two attached hydrogens (primary N) is 2. The minimum atomic E-state index is -2.92. The number of aliphatic hydroxyl groups excluding tert-OH is 1. The summed E-state index contributed by atoms with van der Waals surface area (Å²) in [5.74, 6) is -13.2. The molecule has 10 heteroatoms. The van der Waals surface area contributed by atoms with Crippen molar-refractivity contribution in [1.82, 2.24) is 0 Å². The molecule has 3 aliphatic rings. The van der Waals surface area contributed by atoms with E-state index in [1.165, 1.54) is 12.1 Å². The van der Waals surface area contributed by atoms with Crippen molar-refractivity contribution in [2.75, 3.05) is 5.73 Å². The highest BCUT2D eigenvalue weighted by Crippen LogP contribution is 2.54. The van der Waals surface area contributed by atoms with Gasteiger partial charge in [-0.3, -0.25) is 24.0 Å². The van der Waals surface area contributed by atoms with E-state index < -0.39 is 82.5 Å². The Balaban J connectivity index is 1.92. The molecule has 1 amide bonds. The van der Waals surface area contributed by atoms with E-state index in [0.717, 1.165) is 0 Å². The first-order valence-electron chi connectivity index (χ1n) is 9.41. The van der Waals surface area contributed by atoms with Crippen molar-refractivity contribution in [3.05, 3.63) is 23.3 Å². The molecule has 0 heterocycles. The van der Waals surface area contributed by atoms with E-state index in [4.69, 9.17) is 11.5 Å². The minimum Gasteiger partial charge on any atom is -0.507 e. The lowest BCUT2D eigenvalue weighted by Gasteiger charge is -2.52. The summed E-state index contributed by atoms with van der Waals surface area (Å²) in [5.41, 5.74) is 8.38. The summed E-state index contributed by atoms with van der Waals surface area (Å²) in [4.78, 5) is 63.3. The molecule has 7 atom stereocenters. The highest BCUT2D eigenvalue weighted by Gasteiger charge is 2.69. The number of primary amides is 1. The largest absolute Gasteiger partial charge is 0.507 e. The van der Waals surface area contributed by atoms with Crippen LogP contribution in [-0.2, 0) is 19.2 Å². The minimum absolute atomic E-state index is 0.173. The summed E-state index contributed by atoms with van der Waals surface area (Å²) in [6.45, 7) is 1.60. The SMILES string of the molecule is CC1c2c(N)ccc(O)c2C(=O)C2C(=O)[C@]3(O)C(=O)C(C(N)=O)C(=O)C[C@@H]3[C@@H](O)[C@@H]21. The molecule has 4 rings (SSSR count). The Morgan fingerprint density at radius 2 is 1.80 bits per heavy atom. The number of ketones is 4. The molecule has 3 unspecified atom stereocenters. The quantitative estimate of drug-likeness (QED) is 0.204. The van der Waals surface area contributed by atoms with Crippen LogP contribution < -0.4 is 11.5 Å². The Labute approximate surface area is 169 Å². The van der Waals surface area contributed by atoms with Crippen LogP contribution in [0.1, 0.15) is 35.2 Å². The molecule has 7 N–H and O–H groups in total. The van der Waals surface area contributed by atoms with Gasteiger partial charge in [-0.25, -0.2) is 0 Å². The third kappa shape index (κ3) is 2.23. The number of Topliss-reactive ketones (excluding diaryl/α,β-unsaturated/α-hetero) is 4. The number of anilines is 1. The maximum atomic E-state index is 13.3. The second-order valence-corrected chi connectivity index (χ2v) is 8.27. The zero-order valence-electron chi connectivity index (χ0n) is 15.9. The number of hydrogen-bond donors (Lipinski definition) is 5. The zero-order chi connectivity index (χ0) is 22.3. The van der Waals surface area contributed by atoms with E-state index in [1.54, 1.807) is 6.92 Å². The van der Waals surface area contributed by atoms with E-state index in [-0.39, 0.29) is 16.8 Å². The average Bonchev–Trinajstić information content (AvgIpc) is 2.66. The molecule has 0 aromatic heterocycles. The van der Waals surface area contributed by atoms with Gasteiger partial charge in [0.15, 0.2) is 34.7 Å². The predicted molar refractivity (Wildman–Crippen MR) is 99.0 cm³/mol. The third-order valence-electron chi connectivity index (χ3n) is 6.87. The van der Waals surface area contributed by atoms with E-state index in [1.807, 2.05) is 0 Å². The van der Waals surface area contributed by atoms with Gasteiger partial charge in [0.25, 0.3) is 0 Å². The van der Waals surface area contributed by atoms with E-state index >= 15 is 0 Å². The van der Waals surface area contributed by atoms with Gasteiger partial charge in [0.05, 0.1) is 17.6 Å². The van der Waals surface area contributed by atoms with Crippen molar-refractivity contribution >= 4 is 34.7 Å². The second kappa shape index (κ2) is 6.19. The molecule has 1 aromatic rings. The van der Waals surface area contributed by atoms with Gasteiger partial charge in [0.2, 0.25) is 5.91 Å². The second-order valence-electron chi connectivity index (χ2n) is 8.27. The van der Waals surface area contributed by atoms with Crippen LogP contribution in [0.3, 0.4) is 0 Å².